The van der Waals surface area contributed by atoms with E-state index in [0.717, 1.165) is 62.9 Å². The first-order valence-corrected chi connectivity index (χ1v) is 13.2. The molecule has 0 bridgehead atoms. The number of methoxy groups -OCH3 is 1. The molecular formula is C27H29N7O2S. The van der Waals surface area contributed by atoms with E-state index in [1.165, 1.54) is 0 Å². The molecule has 37 heavy (non-hydrogen) atoms. The molecule has 4 aromatic heterocycles. The van der Waals surface area contributed by atoms with E-state index in [4.69, 9.17) is 14.7 Å². The molecule has 10 heteroatoms. The van der Waals surface area contributed by atoms with E-state index < -0.39 is 0 Å². The van der Waals surface area contributed by atoms with Crippen LogP contribution in [-0.4, -0.2) is 67.8 Å². The Kier molecular flexibility index (Phi) is 6.45. The lowest BCUT2D eigenvalue weighted by molar-refractivity contribution is 0.183. The Bertz CT molecular complexity index is 1520. The van der Waals surface area contributed by atoms with Crippen LogP contribution < -0.4 is 4.90 Å². The van der Waals surface area contributed by atoms with Crippen LogP contribution in [0.15, 0.2) is 55.1 Å². The van der Waals surface area contributed by atoms with Gasteiger partial charge in [-0.1, -0.05) is 30.3 Å². The van der Waals surface area contributed by atoms with Crippen LogP contribution in [0.4, 0.5) is 5.82 Å². The number of ether oxygens (including phenoxy) is 1. The number of thiophene rings is 1. The second kappa shape index (κ2) is 10.0. The largest absolute Gasteiger partial charge is 0.396 e. The van der Waals surface area contributed by atoms with Crippen LogP contribution in [0.25, 0.3) is 43.4 Å². The molecule has 1 aliphatic rings. The number of aryl methyl sites for hydroxylation is 1. The predicted octanol–water partition coefficient (Wildman–Crippen LogP) is 4.09. The van der Waals surface area contributed by atoms with Gasteiger partial charge in [-0.25, -0.2) is 15.0 Å². The van der Waals surface area contributed by atoms with Gasteiger partial charge < -0.3 is 19.3 Å². The summed E-state index contributed by atoms with van der Waals surface area (Å²) in [6.07, 6.45) is 8.59. The maximum Gasteiger partial charge on any atom is 0.199 e. The summed E-state index contributed by atoms with van der Waals surface area (Å²) in [4.78, 5) is 19.0. The smallest absolute Gasteiger partial charge is 0.199 e. The van der Waals surface area contributed by atoms with E-state index in [9.17, 15) is 5.11 Å². The molecular weight excluding hydrogens is 486 g/mol. The summed E-state index contributed by atoms with van der Waals surface area (Å²) in [5.74, 6) is 2.46. The molecule has 0 spiro atoms. The highest BCUT2D eigenvalue weighted by Crippen LogP contribution is 2.48. The van der Waals surface area contributed by atoms with Crippen molar-refractivity contribution in [1.29, 1.82) is 0 Å². The highest BCUT2D eigenvalue weighted by Gasteiger charge is 2.29. The minimum atomic E-state index is 0.179. The van der Waals surface area contributed by atoms with E-state index in [0.29, 0.717) is 19.0 Å². The third-order valence-electron chi connectivity index (χ3n) is 6.88. The highest BCUT2D eigenvalue weighted by molar-refractivity contribution is 7.22. The maximum absolute atomic E-state index is 9.85. The van der Waals surface area contributed by atoms with Gasteiger partial charge >= 0.3 is 0 Å². The second-order valence-corrected chi connectivity index (χ2v) is 10.4. The summed E-state index contributed by atoms with van der Waals surface area (Å²) in [6, 6.07) is 10.4. The van der Waals surface area contributed by atoms with Crippen molar-refractivity contribution in [2.75, 3.05) is 38.3 Å². The van der Waals surface area contributed by atoms with Crippen LogP contribution in [0.2, 0.25) is 0 Å². The molecule has 0 saturated carbocycles. The normalized spacial score (nSPS) is 15.8. The molecule has 5 heterocycles. The van der Waals surface area contributed by atoms with E-state index in [2.05, 4.69) is 45.4 Å². The number of benzene rings is 1. The fraction of sp³-hybridized carbons (Fsp3) is 0.333. The lowest BCUT2D eigenvalue weighted by atomic mass is 10.0. The third-order valence-corrected chi connectivity index (χ3v) is 8.01. The van der Waals surface area contributed by atoms with E-state index >= 15 is 0 Å². The fourth-order valence-electron chi connectivity index (χ4n) is 4.94. The van der Waals surface area contributed by atoms with Crippen LogP contribution in [0.3, 0.4) is 0 Å². The monoisotopic (exact) mass is 515 g/mol. The summed E-state index contributed by atoms with van der Waals surface area (Å²) >= 11 is 1.66. The quantitative estimate of drug-likeness (QED) is 0.333. The van der Waals surface area contributed by atoms with Crippen LogP contribution in [0.5, 0.6) is 0 Å². The minimum Gasteiger partial charge on any atom is -0.396 e. The lowest BCUT2D eigenvalue weighted by Crippen LogP contribution is -2.22. The van der Waals surface area contributed by atoms with Gasteiger partial charge in [0.1, 0.15) is 10.6 Å². The Morgan fingerprint density at radius 2 is 2.03 bits per heavy atom. The number of aliphatic hydroxyl groups excluding tert-OH is 1. The average Bonchev–Trinajstić information content (AvgIpc) is 3.73. The molecule has 0 aliphatic carbocycles. The van der Waals surface area contributed by atoms with Gasteiger partial charge in [-0.15, -0.1) is 11.3 Å². The number of aliphatic hydroxyl groups is 1. The van der Waals surface area contributed by atoms with Gasteiger partial charge in [-0.05, 0) is 12.0 Å². The first kappa shape index (κ1) is 23.8. The van der Waals surface area contributed by atoms with Crippen molar-refractivity contribution in [3.63, 3.8) is 0 Å². The SMILES string of the molecule is COCCn1cc(-c2sc3nc(-c4nccn4C)nc(N4CCC(CO)C4)c3c2-c2ccccc2)cn1. The van der Waals surface area contributed by atoms with Crippen LogP contribution in [0, 0.1) is 5.92 Å². The Morgan fingerprint density at radius 1 is 1.16 bits per heavy atom. The Morgan fingerprint density at radius 3 is 2.76 bits per heavy atom. The number of hydrogen-bond donors (Lipinski definition) is 1. The minimum absolute atomic E-state index is 0.179. The number of fused-ring (bicyclic) bond motifs is 1. The fourth-order valence-corrected chi connectivity index (χ4v) is 6.10. The van der Waals surface area contributed by atoms with E-state index in [-0.39, 0.29) is 12.5 Å². The molecule has 5 aromatic rings. The van der Waals surface area contributed by atoms with Gasteiger partial charge in [0.2, 0.25) is 0 Å². The van der Waals surface area contributed by atoms with Gasteiger partial charge in [0.05, 0.1) is 24.7 Å². The zero-order valence-electron chi connectivity index (χ0n) is 20.9. The van der Waals surface area contributed by atoms with E-state index in [1.54, 1.807) is 24.6 Å². The second-order valence-electron chi connectivity index (χ2n) is 9.35. The van der Waals surface area contributed by atoms with Crippen molar-refractivity contribution in [2.45, 2.75) is 13.0 Å². The first-order chi connectivity index (χ1) is 18.2. The van der Waals surface area contributed by atoms with Gasteiger partial charge in [0.15, 0.2) is 11.6 Å². The van der Waals surface area contributed by atoms with Crippen molar-refractivity contribution in [2.24, 2.45) is 13.0 Å². The molecule has 1 unspecified atom stereocenters. The molecule has 9 nitrogen and oxygen atoms in total. The molecule has 0 amide bonds. The lowest BCUT2D eigenvalue weighted by Gasteiger charge is -2.20. The van der Waals surface area contributed by atoms with Crippen LogP contribution >= 0.6 is 11.3 Å². The molecule has 1 N–H and O–H groups in total. The molecule has 0 radical (unpaired) electrons. The number of hydrogen-bond acceptors (Lipinski definition) is 8. The average molecular weight is 516 g/mol. The molecule has 6 rings (SSSR count). The number of nitrogens with zero attached hydrogens (tertiary/aromatic N) is 7. The Hall–Kier alpha value is -3.60. The number of aromatic nitrogens is 6. The van der Waals surface area contributed by atoms with Crippen molar-refractivity contribution in [1.82, 2.24) is 29.3 Å². The summed E-state index contributed by atoms with van der Waals surface area (Å²) in [7, 11) is 3.65. The van der Waals surface area contributed by atoms with Crippen molar-refractivity contribution in [3.05, 3.63) is 55.1 Å². The number of anilines is 1. The van der Waals surface area contributed by atoms with Crippen molar-refractivity contribution >= 4 is 27.4 Å². The zero-order chi connectivity index (χ0) is 25.4. The number of rotatable bonds is 8. The molecule has 1 fully saturated rings. The molecule has 190 valence electrons. The highest BCUT2D eigenvalue weighted by atomic mass is 32.1. The number of imidazole rings is 1. The van der Waals surface area contributed by atoms with Crippen molar-refractivity contribution in [3.8, 4) is 33.2 Å². The summed E-state index contributed by atoms with van der Waals surface area (Å²) in [6.45, 7) is 3.07. The third kappa shape index (κ3) is 4.41. The standard InChI is InChI=1S/C27H29N7O2S/c1-32-11-9-28-26(32)24-30-25(33-10-8-18(15-33)17-35)22-21(19-6-4-3-5-7-19)23(37-27(22)31-24)20-14-29-34(16-20)12-13-36-2/h3-7,9,11,14,16,18,35H,8,10,12-13,15,17H2,1-2H3. The van der Waals surface area contributed by atoms with Crippen molar-refractivity contribution < 1.29 is 9.84 Å². The summed E-state index contributed by atoms with van der Waals surface area (Å²) < 4.78 is 9.10. The van der Waals surface area contributed by atoms with Gasteiger partial charge in [-0.2, -0.15) is 5.10 Å². The first-order valence-electron chi connectivity index (χ1n) is 12.4. The zero-order valence-corrected chi connectivity index (χ0v) is 21.7. The summed E-state index contributed by atoms with van der Waals surface area (Å²) in [5.41, 5.74) is 3.26. The Labute approximate surface area is 219 Å². The maximum atomic E-state index is 9.85. The van der Waals surface area contributed by atoms with Crippen LogP contribution in [0.1, 0.15) is 6.42 Å². The molecule has 1 aromatic carbocycles. The molecule has 1 aliphatic heterocycles. The Balaban J connectivity index is 1.60. The van der Waals surface area contributed by atoms with Gasteiger partial charge in [-0.3, -0.25) is 4.68 Å². The topological polar surface area (TPSA) is 94.1 Å². The molecule has 1 atom stereocenters. The van der Waals surface area contributed by atoms with Gasteiger partial charge in [0.25, 0.3) is 0 Å². The van der Waals surface area contributed by atoms with E-state index in [1.807, 2.05) is 34.8 Å². The molecule has 1 saturated heterocycles. The predicted molar refractivity (Wildman–Crippen MR) is 146 cm³/mol. The van der Waals surface area contributed by atoms with Gasteiger partial charge in [0, 0.05) is 74.4 Å². The summed E-state index contributed by atoms with van der Waals surface area (Å²) in [5, 5.41) is 15.5. The van der Waals surface area contributed by atoms with Crippen LogP contribution in [-0.2, 0) is 18.3 Å².